The lowest BCUT2D eigenvalue weighted by molar-refractivity contribution is 0.401. The van der Waals surface area contributed by atoms with Crippen molar-refractivity contribution in [3.8, 4) is 5.75 Å². The quantitative estimate of drug-likeness (QED) is 0.918. The fraction of sp³-hybridized carbons (Fsp3) is 0.438. The van der Waals surface area contributed by atoms with E-state index < -0.39 is 0 Å². The van der Waals surface area contributed by atoms with Crippen LogP contribution in [0.1, 0.15) is 37.2 Å². The Labute approximate surface area is 126 Å². The highest BCUT2D eigenvalue weighted by Crippen LogP contribution is 2.30. The topological polar surface area (TPSA) is 56.3 Å². The van der Waals surface area contributed by atoms with Crippen LogP contribution < -0.4 is 15.4 Å². The number of hydrogen-bond donors (Lipinski definition) is 1. The van der Waals surface area contributed by atoms with Crippen molar-refractivity contribution in [1.82, 2.24) is 9.78 Å². The molecule has 0 fully saturated rings. The van der Waals surface area contributed by atoms with Crippen molar-refractivity contribution < 1.29 is 4.74 Å². The number of ether oxygens (including phenoxy) is 1. The Bertz CT molecular complexity index is 587. The molecule has 0 radical (unpaired) electrons. The maximum absolute atomic E-state index is 6.45. The monoisotopic (exact) mass is 288 g/mol. The van der Waals surface area contributed by atoms with Gasteiger partial charge in [0.05, 0.1) is 19.3 Å². The summed E-state index contributed by atoms with van der Waals surface area (Å²) in [6, 6.07) is 8.21. The predicted octanol–water partition coefficient (Wildman–Crippen LogP) is 2.59. The third-order valence-electron chi connectivity index (χ3n) is 3.57. The molecule has 0 aliphatic rings. The number of methoxy groups -OCH3 is 1. The summed E-state index contributed by atoms with van der Waals surface area (Å²) in [5.74, 6) is 0.730. The van der Waals surface area contributed by atoms with Crippen molar-refractivity contribution in [2.45, 2.75) is 25.9 Å². The molecule has 1 aromatic heterocycles. The molecule has 5 nitrogen and oxygen atoms in total. The van der Waals surface area contributed by atoms with Gasteiger partial charge in [0.25, 0.3) is 0 Å². The van der Waals surface area contributed by atoms with Crippen molar-refractivity contribution in [2.24, 2.45) is 5.73 Å². The number of nitrogens with two attached hydrogens (primary N) is 1. The van der Waals surface area contributed by atoms with Gasteiger partial charge in [-0.2, -0.15) is 5.10 Å². The predicted molar refractivity (Wildman–Crippen MR) is 86.0 cm³/mol. The normalized spacial score (nSPS) is 12.5. The van der Waals surface area contributed by atoms with Gasteiger partial charge in [0.15, 0.2) is 5.75 Å². The van der Waals surface area contributed by atoms with Crippen molar-refractivity contribution in [3.05, 3.63) is 41.7 Å². The highest BCUT2D eigenvalue weighted by atomic mass is 16.5. The number of benzene rings is 1. The van der Waals surface area contributed by atoms with Crippen molar-refractivity contribution >= 4 is 5.69 Å². The molecule has 2 N–H and O–H groups in total. The molecule has 2 rings (SSSR count). The van der Waals surface area contributed by atoms with Gasteiger partial charge < -0.3 is 15.4 Å². The Morgan fingerprint density at radius 1 is 1.19 bits per heavy atom. The van der Waals surface area contributed by atoms with E-state index in [2.05, 4.69) is 48.1 Å². The van der Waals surface area contributed by atoms with Gasteiger partial charge in [-0.1, -0.05) is 12.1 Å². The van der Waals surface area contributed by atoms with Crippen LogP contribution in [0.15, 0.2) is 30.5 Å². The maximum atomic E-state index is 6.45. The molecule has 1 unspecified atom stereocenters. The smallest absolute Gasteiger partial charge is 0.161 e. The molecule has 0 amide bonds. The average molecular weight is 288 g/mol. The van der Waals surface area contributed by atoms with E-state index in [0.717, 1.165) is 22.7 Å². The van der Waals surface area contributed by atoms with Gasteiger partial charge >= 0.3 is 0 Å². The van der Waals surface area contributed by atoms with Crippen LogP contribution in [-0.2, 0) is 0 Å². The van der Waals surface area contributed by atoms with Crippen molar-refractivity contribution in [2.75, 3.05) is 26.1 Å². The molecular formula is C16H24N4O. The summed E-state index contributed by atoms with van der Waals surface area (Å²) < 4.78 is 7.33. The van der Waals surface area contributed by atoms with Gasteiger partial charge in [0.2, 0.25) is 0 Å². The van der Waals surface area contributed by atoms with Crippen LogP contribution in [0.3, 0.4) is 0 Å². The zero-order valence-electron chi connectivity index (χ0n) is 13.4. The molecule has 114 valence electrons. The lowest BCUT2D eigenvalue weighted by Gasteiger charge is -2.19. The summed E-state index contributed by atoms with van der Waals surface area (Å²) in [4.78, 5) is 2.06. The van der Waals surface area contributed by atoms with Gasteiger partial charge in [-0.25, -0.2) is 0 Å². The molecule has 0 aliphatic carbocycles. The summed E-state index contributed by atoms with van der Waals surface area (Å²) in [5, 5.41) is 4.38. The Morgan fingerprint density at radius 3 is 2.29 bits per heavy atom. The van der Waals surface area contributed by atoms with Crippen LogP contribution in [0.25, 0.3) is 0 Å². The zero-order valence-corrected chi connectivity index (χ0v) is 13.4. The summed E-state index contributed by atoms with van der Waals surface area (Å²) in [7, 11) is 5.69. The van der Waals surface area contributed by atoms with E-state index in [1.807, 2.05) is 18.8 Å². The maximum Gasteiger partial charge on any atom is 0.161 e. The number of nitrogens with zero attached hydrogens (tertiary/aromatic N) is 3. The molecule has 2 aromatic rings. The molecule has 21 heavy (non-hydrogen) atoms. The fourth-order valence-corrected chi connectivity index (χ4v) is 2.36. The highest BCUT2D eigenvalue weighted by Gasteiger charge is 2.21. The molecule has 0 bridgehead atoms. The second-order valence-corrected chi connectivity index (χ2v) is 5.60. The number of hydrogen-bond acceptors (Lipinski definition) is 4. The lowest BCUT2D eigenvalue weighted by Crippen LogP contribution is -2.19. The van der Waals surface area contributed by atoms with Crippen LogP contribution in [0, 0.1) is 0 Å². The second-order valence-electron chi connectivity index (χ2n) is 5.60. The van der Waals surface area contributed by atoms with Crippen LogP contribution >= 0.6 is 0 Å². The Hall–Kier alpha value is -2.01. The van der Waals surface area contributed by atoms with Gasteiger partial charge in [-0.05, 0) is 31.5 Å². The van der Waals surface area contributed by atoms with Gasteiger partial charge in [-0.3, -0.25) is 4.68 Å². The van der Waals surface area contributed by atoms with E-state index in [4.69, 9.17) is 10.5 Å². The Balaban J connectivity index is 2.39. The first kappa shape index (κ1) is 15.4. The lowest BCUT2D eigenvalue weighted by atomic mass is 10.0. The first-order chi connectivity index (χ1) is 9.95. The second kappa shape index (κ2) is 6.18. The SMILES string of the molecule is COc1cnn(C(C)C)c1C(N)c1ccc(N(C)C)cc1. The summed E-state index contributed by atoms with van der Waals surface area (Å²) in [6.45, 7) is 4.16. The molecule has 0 saturated heterocycles. The van der Waals surface area contributed by atoms with Crippen molar-refractivity contribution in [3.63, 3.8) is 0 Å². The summed E-state index contributed by atoms with van der Waals surface area (Å²) in [6.07, 6.45) is 1.73. The van der Waals surface area contributed by atoms with Crippen LogP contribution in [-0.4, -0.2) is 31.0 Å². The van der Waals surface area contributed by atoms with E-state index in [9.17, 15) is 0 Å². The van der Waals surface area contributed by atoms with E-state index in [1.165, 1.54) is 0 Å². The molecule has 0 spiro atoms. The molecule has 1 aromatic carbocycles. The van der Waals surface area contributed by atoms with E-state index in [0.29, 0.717) is 0 Å². The average Bonchev–Trinajstić information content (AvgIpc) is 2.90. The highest BCUT2D eigenvalue weighted by molar-refractivity contribution is 5.48. The minimum absolute atomic E-state index is 0.232. The van der Waals surface area contributed by atoms with E-state index in [1.54, 1.807) is 13.3 Å². The molecule has 0 saturated carbocycles. The molecule has 1 heterocycles. The number of aromatic nitrogens is 2. The van der Waals surface area contributed by atoms with Crippen LogP contribution in [0.4, 0.5) is 5.69 Å². The first-order valence-electron chi connectivity index (χ1n) is 7.10. The third kappa shape index (κ3) is 3.03. The van der Waals surface area contributed by atoms with Gasteiger partial charge in [0.1, 0.15) is 5.69 Å². The van der Waals surface area contributed by atoms with E-state index in [-0.39, 0.29) is 12.1 Å². The first-order valence-corrected chi connectivity index (χ1v) is 7.10. The van der Waals surface area contributed by atoms with Crippen molar-refractivity contribution in [1.29, 1.82) is 0 Å². The largest absolute Gasteiger partial charge is 0.493 e. The van der Waals surface area contributed by atoms with Gasteiger partial charge in [0, 0.05) is 25.8 Å². The molecule has 5 heteroatoms. The molecular weight excluding hydrogens is 264 g/mol. The minimum Gasteiger partial charge on any atom is -0.493 e. The summed E-state index contributed by atoms with van der Waals surface area (Å²) in [5.41, 5.74) is 9.55. The molecule has 0 aliphatic heterocycles. The van der Waals surface area contributed by atoms with Gasteiger partial charge in [-0.15, -0.1) is 0 Å². The van der Waals surface area contributed by atoms with E-state index >= 15 is 0 Å². The third-order valence-corrected chi connectivity index (χ3v) is 3.57. The zero-order chi connectivity index (χ0) is 15.6. The Morgan fingerprint density at radius 2 is 1.81 bits per heavy atom. The number of anilines is 1. The fourth-order valence-electron chi connectivity index (χ4n) is 2.36. The molecule has 1 atom stereocenters. The Kier molecular flexibility index (Phi) is 4.53. The van der Waals surface area contributed by atoms with Crippen LogP contribution in [0.5, 0.6) is 5.75 Å². The minimum atomic E-state index is -0.263. The summed E-state index contributed by atoms with van der Waals surface area (Å²) >= 11 is 0. The van der Waals surface area contributed by atoms with Crippen LogP contribution in [0.2, 0.25) is 0 Å². The standard InChI is InChI=1S/C16H24N4O/c1-11(2)20-16(14(21-5)10-18-20)15(17)12-6-8-13(9-7-12)19(3)4/h6-11,15H,17H2,1-5H3. The number of rotatable bonds is 5.